The highest BCUT2D eigenvalue weighted by Crippen LogP contribution is 2.25. The van der Waals surface area contributed by atoms with Gasteiger partial charge in [0.05, 0.1) is 0 Å². The van der Waals surface area contributed by atoms with E-state index in [1.54, 1.807) is 21.3 Å². The molecule has 76 valence electrons. The van der Waals surface area contributed by atoms with Crippen LogP contribution < -0.4 is 0 Å². The van der Waals surface area contributed by atoms with Crippen molar-refractivity contribution in [3.8, 4) is 0 Å². The molecule has 0 saturated carbocycles. The molecule has 0 aromatic rings. The van der Waals surface area contributed by atoms with Gasteiger partial charge in [-0.25, -0.2) is 4.57 Å². The van der Waals surface area contributed by atoms with E-state index in [2.05, 4.69) is 0 Å². The van der Waals surface area contributed by atoms with Crippen LogP contribution in [0.1, 0.15) is 0 Å². The highest BCUT2D eigenvalue weighted by Gasteiger charge is 2.04. The lowest BCUT2D eigenvalue weighted by Crippen LogP contribution is -2.21. The molecule has 0 rings (SSSR count). The predicted molar refractivity (Wildman–Crippen MR) is 42.4 cm³/mol. The standard InChI is InChI=1S/C3H10O3Si.H3O4P/c1-4-7(5-2)6-3;1-5(2,3)4/h7H,1-3H3;(H3,1,2,3,4). The predicted octanol–water partition coefficient (Wildman–Crippen LogP) is -1.29. The zero-order chi connectivity index (χ0) is 10.2. The fraction of sp³-hybridized carbons (Fsp3) is 1.00. The summed E-state index contributed by atoms with van der Waals surface area (Å²) in [6.45, 7) is 0. The van der Waals surface area contributed by atoms with Gasteiger partial charge < -0.3 is 28.0 Å². The van der Waals surface area contributed by atoms with Gasteiger partial charge in [-0.1, -0.05) is 0 Å². The molecule has 0 unspecified atom stereocenters. The van der Waals surface area contributed by atoms with Crippen molar-refractivity contribution >= 4 is 17.3 Å². The van der Waals surface area contributed by atoms with Crippen LogP contribution in [0.2, 0.25) is 0 Å². The lowest BCUT2D eigenvalue weighted by molar-refractivity contribution is 0.163. The third-order valence-electron chi connectivity index (χ3n) is 0.577. The van der Waals surface area contributed by atoms with Crippen molar-refractivity contribution in [2.45, 2.75) is 0 Å². The van der Waals surface area contributed by atoms with Gasteiger partial charge in [0.2, 0.25) is 0 Å². The molecule has 0 fully saturated rings. The van der Waals surface area contributed by atoms with E-state index in [0.29, 0.717) is 0 Å². The van der Waals surface area contributed by atoms with Crippen molar-refractivity contribution in [3.63, 3.8) is 0 Å². The minimum atomic E-state index is -4.64. The maximum absolute atomic E-state index is 8.88. The SMILES string of the molecule is CO[SiH](OC)OC.O=P(O)(O)O. The summed E-state index contributed by atoms with van der Waals surface area (Å²) >= 11 is 0. The Balaban J connectivity index is 0. The highest BCUT2D eigenvalue weighted by atomic mass is 31.2. The van der Waals surface area contributed by atoms with Crippen LogP contribution in [0.4, 0.5) is 0 Å². The normalized spacial score (nSPS) is 10.9. The first-order chi connectivity index (χ1) is 5.35. The summed E-state index contributed by atoms with van der Waals surface area (Å²) in [7, 11) is -1.59. The molecule has 0 radical (unpaired) electrons. The lowest BCUT2D eigenvalue weighted by Gasteiger charge is -2.05. The molecule has 0 saturated heterocycles. The smallest absolute Gasteiger partial charge is 0.379 e. The van der Waals surface area contributed by atoms with Crippen LogP contribution in [0, 0.1) is 0 Å². The summed E-state index contributed by atoms with van der Waals surface area (Å²) < 4.78 is 23.1. The largest absolute Gasteiger partial charge is 0.483 e. The van der Waals surface area contributed by atoms with E-state index in [1.807, 2.05) is 0 Å². The summed E-state index contributed by atoms with van der Waals surface area (Å²) in [4.78, 5) is 21.6. The quantitative estimate of drug-likeness (QED) is 0.401. The molecule has 0 aliphatic carbocycles. The molecule has 0 aromatic carbocycles. The van der Waals surface area contributed by atoms with Crippen molar-refractivity contribution in [2.24, 2.45) is 0 Å². The van der Waals surface area contributed by atoms with Gasteiger partial charge in [0.15, 0.2) is 0 Å². The molecule has 3 N–H and O–H groups in total. The fourth-order valence-electron chi connectivity index (χ4n) is 0.289. The van der Waals surface area contributed by atoms with Crippen LogP contribution in [0.25, 0.3) is 0 Å². The van der Waals surface area contributed by atoms with E-state index in [-0.39, 0.29) is 0 Å². The van der Waals surface area contributed by atoms with Gasteiger partial charge in [-0.3, -0.25) is 0 Å². The van der Waals surface area contributed by atoms with Crippen molar-refractivity contribution in [3.05, 3.63) is 0 Å². The van der Waals surface area contributed by atoms with Crippen molar-refractivity contribution < 1.29 is 32.5 Å². The molecular formula is C3H13O7PSi. The molecule has 7 nitrogen and oxygen atoms in total. The first-order valence-corrected chi connectivity index (χ1v) is 5.69. The van der Waals surface area contributed by atoms with Crippen LogP contribution in [-0.2, 0) is 17.8 Å². The Morgan fingerprint density at radius 2 is 1.17 bits per heavy atom. The Hall–Kier alpha value is 0.207. The number of rotatable bonds is 3. The van der Waals surface area contributed by atoms with Crippen LogP contribution in [-0.4, -0.2) is 45.5 Å². The average molecular weight is 220 g/mol. The topological polar surface area (TPSA) is 105 Å². The molecule has 0 heterocycles. The van der Waals surface area contributed by atoms with Gasteiger partial charge in [-0.05, 0) is 0 Å². The number of hydrogen-bond acceptors (Lipinski definition) is 4. The summed E-state index contributed by atoms with van der Waals surface area (Å²) in [5, 5.41) is 0. The Kier molecular flexibility index (Phi) is 9.61. The second-order valence-corrected chi connectivity index (χ2v) is 4.53. The van der Waals surface area contributed by atoms with E-state index in [4.69, 9.17) is 32.5 Å². The molecule has 0 aliphatic rings. The molecular weight excluding hydrogens is 207 g/mol. The molecule has 9 heteroatoms. The van der Waals surface area contributed by atoms with Crippen LogP contribution in [0.3, 0.4) is 0 Å². The Bertz CT molecular complexity index is 117. The summed E-state index contributed by atoms with van der Waals surface area (Å²) in [5.74, 6) is 0. The molecule has 12 heavy (non-hydrogen) atoms. The van der Waals surface area contributed by atoms with E-state index < -0.39 is 17.3 Å². The lowest BCUT2D eigenvalue weighted by atomic mass is 11.8. The van der Waals surface area contributed by atoms with Crippen LogP contribution >= 0.6 is 7.82 Å². The minimum absolute atomic E-state index is 1.57. The maximum Gasteiger partial charge on any atom is 0.483 e. The van der Waals surface area contributed by atoms with Crippen molar-refractivity contribution in [2.75, 3.05) is 21.3 Å². The van der Waals surface area contributed by atoms with Gasteiger partial charge in [-0.15, -0.1) is 0 Å². The van der Waals surface area contributed by atoms with E-state index in [0.717, 1.165) is 0 Å². The van der Waals surface area contributed by atoms with E-state index in [1.165, 1.54) is 0 Å². The van der Waals surface area contributed by atoms with Gasteiger partial charge >= 0.3 is 17.3 Å². The Labute approximate surface area is 72.1 Å². The molecule has 0 spiro atoms. The molecule has 0 amide bonds. The van der Waals surface area contributed by atoms with Gasteiger partial charge in [0, 0.05) is 21.3 Å². The maximum atomic E-state index is 8.88. The molecule has 0 bridgehead atoms. The summed E-state index contributed by atoms with van der Waals surface area (Å²) in [6.07, 6.45) is 0. The monoisotopic (exact) mass is 220 g/mol. The second kappa shape index (κ2) is 7.84. The van der Waals surface area contributed by atoms with Crippen molar-refractivity contribution in [1.82, 2.24) is 0 Å². The minimum Gasteiger partial charge on any atom is -0.379 e. The first-order valence-electron chi connectivity index (χ1n) is 2.71. The second-order valence-electron chi connectivity index (χ2n) is 1.51. The molecule has 0 aliphatic heterocycles. The zero-order valence-corrected chi connectivity index (χ0v) is 9.05. The third-order valence-corrected chi connectivity index (χ3v) is 1.73. The third kappa shape index (κ3) is 22.5. The Morgan fingerprint density at radius 3 is 1.17 bits per heavy atom. The van der Waals surface area contributed by atoms with E-state index in [9.17, 15) is 0 Å². The zero-order valence-electron chi connectivity index (χ0n) is 7.00. The first kappa shape index (κ1) is 14.7. The van der Waals surface area contributed by atoms with Gasteiger partial charge in [0.25, 0.3) is 0 Å². The summed E-state index contributed by atoms with van der Waals surface area (Å²) in [5.41, 5.74) is 0. The average Bonchev–Trinajstić information content (AvgIpc) is 1.88. The summed E-state index contributed by atoms with van der Waals surface area (Å²) in [6, 6.07) is 0. The highest BCUT2D eigenvalue weighted by molar-refractivity contribution is 7.45. The number of phosphoric acid groups is 1. The van der Waals surface area contributed by atoms with Crippen LogP contribution in [0.5, 0.6) is 0 Å². The van der Waals surface area contributed by atoms with Crippen molar-refractivity contribution in [1.29, 1.82) is 0 Å². The molecule has 0 aromatic heterocycles. The van der Waals surface area contributed by atoms with Gasteiger partial charge in [0.1, 0.15) is 0 Å². The number of hydrogen-bond donors (Lipinski definition) is 3. The van der Waals surface area contributed by atoms with Crippen LogP contribution in [0.15, 0.2) is 0 Å². The van der Waals surface area contributed by atoms with E-state index >= 15 is 0 Å². The fourth-order valence-corrected chi connectivity index (χ4v) is 0.866. The molecule has 0 atom stereocenters. The van der Waals surface area contributed by atoms with Gasteiger partial charge in [-0.2, -0.15) is 0 Å². The Morgan fingerprint density at radius 1 is 1.00 bits per heavy atom.